The van der Waals surface area contributed by atoms with Crippen molar-refractivity contribution in [2.24, 2.45) is 0 Å². The number of carbonyl (C=O) groups excluding carboxylic acids is 1. The Labute approximate surface area is 170 Å². The summed E-state index contributed by atoms with van der Waals surface area (Å²) < 4.78 is 0. The van der Waals surface area contributed by atoms with Crippen LogP contribution in [0.2, 0.25) is 0 Å². The maximum Gasteiger partial charge on any atom is 0.273 e. The van der Waals surface area contributed by atoms with E-state index in [1.54, 1.807) is 6.20 Å². The molecule has 148 valence electrons. The first-order valence-corrected chi connectivity index (χ1v) is 9.97. The summed E-state index contributed by atoms with van der Waals surface area (Å²) in [4.78, 5) is 20.8. The molecule has 6 nitrogen and oxygen atoms in total. The fourth-order valence-electron chi connectivity index (χ4n) is 3.80. The molecule has 29 heavy (non-hydrogen) atoms. The summed E-state index contributed by atoms with van der Waals surface area (Å²) in [7, 11) is 0. The topological polar surface area (TPSA) is 92.9 Å². The second-order valence-corrected chi connectivity index (χ2v) is 7.22. The molecule has 4 N–H and O–H groups in total. The van der Waals surface area contributed by atoms with Crippen LogP contribution in [0.1, 0.15) is 46.6 Å². The third kappa shape index (κ3) is 4.12. The van der Waals surface area contributed by atoms with E-state index < -0.39 is 0 Å². The summed E-state index contributed by atoms with van der Waals surface area (Å²) >= 11 is 0. The summed E-state index contributed by atoms with van der Waals surface area (Å²) in [5.41, 5.74) is 11.5. The molecule has 0 fully saturated rings. The number of aromatic nitrogens is 2. The van der Waals surface area contributed by atoms with Gasteiger partial charge < -0.3 is 16.4 Å². The molecule has 3 aromatic rings. The summed E-state index contributed by atoms with van der Waals surface area (Å²) in [6.07, 6.45) is 3.85. The Morgan fingerprint density at radius 2 is 2.07 bits per heavy atom. The number of nitrogens with zero attached hydrogens (tertiary/aromatic N) is 2. The average molecular weight is 387 g/mol. The van der Waals surface area contributed by atoms with Crippen molar-refractivity contribution in [1.82, 2.24) is 20.6 Å². The zero-order chi connectivity index (χ0) is 20.2. The lowest BCUT2D eigenvalue weighted by molar-refractivity contribution is 0.0951. The van der Waals surface area contributed by atoms with Gasteiger partial charge in [-0.15, -0.1) is 0 Å². The lowest BCUT2D eigenvalue weighted by Gasteiger charge is -2.14. The number of hydrogen-bond acceptors (Lipinski definition) is 5. The molecule has 0 bridgehead atoms. The van der Waals surface area contributed by atoms with Crippen molar-refractivity contribution >= 4 is 11.7 Å². The van der Waals surface area contributed by atoms with Crippen LogP contribution in [0.25, 0.3) is 11.3 Å². The highest BCUT2D eigenvalue weighted by Gasteiger charge is 2.21. The van der Waals surface area contributed by atoms with Gasteiger partial charge in [-0.25, -0.2) is 9.97 Å². The minimum Gasteiger partial charge on any atom is -0.382 e. The van der Waals surface area contributed by atoms with Crippen LogP contribution in [0, 0.1) is 0 Å². The number of nitrogens with one attached hydrogen (secondary N) is 2. The number of anilines is 1. The molecule has 1 aliphatic rings. The summed E-state index contributed by atoms with van der Waals surface area (Å²) in [6.45, 7) is 3.12. The van der Waals surface area contributed by atoms with Crippen molar-refractivity contribution in [2.45, 2.75) is 32.4 Å². The smallest absolute Gasteiger partial charge is 0.273 e. The SMILES string of the molecule is CCNC(=O)c1nc(-c2cccc(CN[C@H]3CCc4ccccc43)c2)cnc1N. The molecule has 1 aliphatic carbocycles. The molecule has 1 aromatic heterocycles. The van der Waals surface area contributed by atoms with Crippen molar-refractivity contribution in [3.63, 3.8) is 0 Å². The predicted octanol–water partition coefficient (Wildman–Crippen LogP) is 3.25. The normalized spacial score (nSPS) is 15.1. The minimum absolute atomic E-state index is 0.136. The second-order valence-electron chi connectivity index (χ2n) is 7.22. The van der Waals surface area contributed by atoms with Crippen LogP contribution in [0.15, 0.2) is 54.7 Å². The number of hydrogen-bond donors (Lipinski definition) is 3. The van der Waals surface area contributed by atoms with Crippen LogP contribution >= 0.6 is 0 Å². The van der Waals surface area contributed by atoms with Crippen molar-refractivity contribution in [3.8, 4) is 11.3 Å². The van der Waals surface area contributed by atoms with Gasteiger partial charge in [-0.1, -0.05) is 42.5 Å². The highest BCUT2D eigenvalue weighted by atomic mass is 16.1. The second kappa shape index (κ2) is 8.41. The van der Waals surface area contributed by atoms with Gasteiger partial charge in [0.05, 0.1) is 11.9 Å². The monoisotopic (exact) mass is 387 g/mol. The van der Waals surface area contributed by atoms with Gasteiger partial charge in [0.1, 0.15) is 0 Å². The average Bonchev–Trinajstić information content (AvgIpc) is 3.16. The van der Waals surface area contributed by atoms with Crippen molar-refractivity contribution in [3.05, 3.63) is 77.1 Å². The zero-order valence-corrected chi connectivity index (χ0v) is 16.5. The van der Waals surface area contributed by atoms with E-state index in [0.717, 1.165) is 30.5 Å². The van der Waals surface area contributed by atoms with Gasteiger partial charge in [0.15, 0.2) is 11.5 Å². The Morgan fingerprint density at radius 3 is 2.93 bits per heavy atom. The van der Waals surface area contributed by atoms with Crippen molar-refractivity contribution in [1.29, 1.82) is 0 Å². The molecule has 2 aromatic carbocycles. The van der Waals surface area contributed by atoms with Gasteiger partial charge in [0.25, 0.3) is 5.91 Å². The van der Waals surface area contributed by atoms with Crippen LogP contribution in [0.4, 0.5) is 5.82 Å². The van der Waals surface area contributed by atoms with Crippen LogP contribution in [0.3, 0.4) is 0 Å². The van der Waals surface area contributed by atoms with Gasteiger partial charge >= 0.3 is 0 Å². The van der Waals surface area contributed by atoms with E-state index in [9.17, 15) is 4.79 Å². The van der Waals surface area contributed by atoms with E-state index in [4.69, 9.17) is 5.73 Å². The fourth-order valence-corrected chi connectivity index (χ4v) is 3.80. The molecule has 0 aliphatic heterocycles. The van der Waals surface area contributed by atoms with E-state index in [1.165, 1.54) is 11.1 Å². The van der Waals surface area contributed by atoms with Gasteiger partial charge in [-0.3, -0.25) is 4.79 Å². The third-order valence-corrected chi connectivity index (χ3v) is 5.26. The fraction of sp³-hybridized carbons (Fsp3) is 0.261. The molecule has 6 heteroatoms. The highest BCUT2D eigenvalue weighted by Crippen LogP contribution is 2.31. The number of aryl methyl sites for hydroxylation is 1. The molecule has 1 heterocycles. The van der Waals surface area contributed by atoms with E-state index in [-0.39, 0.29) is 17.4 Å². The molecule has 1 amide bonds. The predicted molar refractivity (Wildman–Crippen MR) is 114 cm³/mol. The molecule has 0 radical (unpaired) electrons. The van der Waals surface area contributed by atoms with Gasteiger partial charge in [0.2, 0.25) is 0 Å². The number of nitrogens with two attached hydrogens (primary N) is 1. The molecule has 0 saturated carbocycles. The van der Waals surface area contributed by atoms with Crippen molar-refractivity contribution in [2.75, 3.05) is 12.3 Å². The maximum atomic E-state index is 12.2. The lowest BCUT2D eigenvalue weighted by atomic mass is 10.1. The number of fused-ring (bicyclic) bond motifs is 1. The molecular formula is C23H25N5O. The first-order valence-electron chi connectivity index (χ1n) is 9.97. The van der Waals surface area contributed by atoms with Crippen molar-refractivity contribution < 1.29 is 4.79 Å². The lowest BCUT2D eigenvalue weighted by Crippen LogP contribution is -2.25. The van der Waals surface area contributed by atoms with E-state index in [0.29, 0.717) is 18.3 Å². The molecular weight excluding hydrogens is 362 g/mol. The first-order chi connectivity index (χ1) is 14.2. The largest absolute Gasteiger partial charge is 0.382 e. The Morgan fingerprint density at radius 1 is 1.21 bits per heavy atom. The van der Waals surface area contributed by atoms with Gasteiger partial charge in [-0.05, 0) is 42.5 Å². The Kier molecular flexibility index (Phi) is 5.53. The Bertz CT molecular complexity index is 1030. The van der Waals surface area contributed by atoms with E-state index in [2.05, 4.69) is 57.0 Å². The number of benzene rings is 2. The summed E-state index contributed by atoms with van der Waals surface area (Å²) in [5.74, 6) is -0.172. The van der Waals surface area contributed by atoms with Crippen LogP contribution in [0.5, 0.6) is 0 Å². The third-order valence-electron chi connectivity index (χ3n) is 5.26. The van der Waals surface area contributed by atoms with E-state index >= 15 is 0 Å². The van der Waals surface area contributed by atoms with Gasteiger partial charge in [-0.2, -0.15) is 0 Å². The number of nitrogen functional groups attached to an aromatic ring is 1. The number of amides is 1. The Hall–Kier alpha value is -3.25. The zero-order valence-electron chi connectivity index (χ0n) is 16.5. The summed E-state index contributed by atoms with van der Waals surface area (Å²) in [5, 5.41) is 6.39. The number of rotatable bonds is 6. The minimum atomic E-state index is -0.308. The molecule has 0 saturated heterocycles. The molecule has 4 rings (SSSR count). The maximum absolute atomic E-state index is 12.2. The number of carbonyl (C=O) groups is 1. The quantitative estimate of drug-likeness (QED) is 0.604. The molecule has 1 atom stereocenters. The van der Waals surface area contributed by atoms with Crippen LogP contribution in [-0.2, 0) is 13.0 Å². The molecule has 0 spiro atoms. The summed E-state index contributed by atoms with van der Waals surface area (Å²) in [6, 6.07) is 17.2. The van der Waals surface area contributed by atoms with Crippen LogP contribution in [-0.4, -0.2) is 22.4 Å². The van der Waals surface area contributed by atoms with Crippen LogP contribution < -0.4 is 16.4 Å². The Balaban J connectivity index is 1.51. The standard InChI is InChI=1S/C23H25N5O/c1-2-25-23(29)21-22(24)27-14-20(28-21)17-8-5-6-15(12-17)13-26-19-11-10-16-7-3-4-9-18(16)19/h3-9,12,14,19,26H,2,10-11,13H2,1H3,(H2,24,27)(H,25,29)/t19-/m0/s1. The van der Waals surface area contributed by atoms with E-state index in [1.807, 2.05) is 19.1 Å². The highest BCUT2D eigenvalue weighted by molar-refractivity contribution is 5.96. The molecule has 0 unspecified atom stereocenters. The first kappa shape index (κ1) is 19.1. The van der Waals surface area contributed by atoms with Gasteiger partial charge in [0, 0.05) is 24.7 Å².